The Hall–Kier alpha value is -3.11. The molecule has 2 aliphatic heterocycles. The first-order valence-electron chi connectivity index (χ1n) is 10.4. The van der Waals surface area contributed by atoms with Gasteiger partial charge in [-0.15, -0.1) is 0 Å². The average Bonchev–Trinajstić information content (AvgIpc) is 3.40. The highest BCUT2D eigenvalue weighted by molar-refractivity contribution is 5.68. The second kappa shape index (κ2) is 7.79. The zero-order valence-corrected chi connectivity index (χ0v) is 17.7. The first kappa shape index (κ1) is 20.8. The molecular weight excluding hydrogens is 418 g/mol. The largest absolute Gasteiger partial charge is 0.507 e. The molecule has 0 saturated carbocycles. The first-order valence-corrected chi connectivity index (χ1v) is 10.4. The first-order chi connectivity index (χ1) is 15.4. The van der Waals surface area contributed by atoms with Crippen molar-refractivity contribution < 1.29 is 18.6 Å². The second-order valence-electron chi connectivity index (χ2n) is 8.34. The SMILES string of the molecule is CO[C@H]1C2CC(F)(F)C(C[C@@H]1N(C)c1cnc(-c3ccc(-n4ccnc4)cc3O)cn1)N2. The summed E-state index contributed by atoms with van der Waals surface area (Å²) >= 11 is 0. The van der Waals surface area contributed by atoms with Gasteiger partial charge in [-0.3, -0.25) is 4.98 Å². The number of alkyl halides is 2. The number of phenols is 1. The molecule has 0 radical (unpaired) electrons. The number of fused-ring (bicyclic) bond motifs is 2. The van der Waals surface area contributed by atoms with Gasteiger partial charge in [-0.05, 0) is 18.6 Å². The summed E-state index contributed by atoms with van der Waals surface area (Å²) in [5.41, 5.74) is 1.83. The molecule has 0 amide bonds. The van der Waals surface area contributed by atoms with Gasteiger partial charge >= 0.3 is 0 Å². The van der Waals surface area contributed by atoms with Crippen molar-refractivity contribution in [2.24, 2.45) is 0 Å². The third kappa shape index (κ3) is 3.49. The standard InChI is InChI=1S/C22H24F2N6O2/c1-29(17-8-19-22(23,24)9-15(28-19)21(17)32-2)20-11-26-16(10-27-20)14-4-3-13(7-18(14)31)30-6-5-25-12-30/h3-7,10-12,15,17,19,21,28,31H,8-9H2,1-2H3/t15?,17-,19?,21-/m0/s1. The number of hydrogen-bond acceptors (Lipinski definition) is 7. The number of hydrogen-bond donors (Lipinski definition) is 2. The molecule has 168 valence electrons. The van der Waals surface area contributed by atoms with Crippen molar-refractivity contribution >= 4 is 5.82 Å². The summed E-state index contributed by atoms with van der Waals surface area (Å²) in [7, 11) is 3.37. The number of ether oxygens (including phenoxy) is 1. The molecule has 2 N–H and O–H groups in total. The summed E-state index contributed by atoms with van der Waals surface area (Å²) in [5, 5.41) is 13.5. The van der Waals surface area contributed by atoms with Crippen LogP contribution in [0.3, 0.4) is 0 Å². The lowest BCUT2D eigenvalue weighted by Gasteiger charge is -2.41. The molecule has 2 aliphatic rings. The molecule has 0 spiro atoms. The van der Waals surface area contributed by atoms with Gasteiger partial charge in [-0.25, -0.2) is 18.7 Å². The number of nitrogens with zero attached hydrogens (tertiary/aromatic N) is 5. The van der Waals surface area contributed by atoms with Gasteiger partial charge in [0.25, 0.3) is 5.92 Å². The topological polar surface area (TPSA) is 88.3 Å². The summed E-state index contributed by atoms with van der Waals surface area (Å²) in [6, 6.07) is 3.72. The van der Waals surface area contributed by atoms with Crippen LogP contribution >= 0.6 is 0 Å². The zero-order valence-electron chi connectivity index (χ0n) is 17.7. The lowest BCUT2D eigenvalue weighted by Crippen LogP contribution is -2.59. The fraction of sp³-hybridized carbons (Fsp3) is 0.409. The van der Waals surface area contributed by atoms with E-state index in [1.165, 1.54) is 0 Å². The van der Waals surface area contributed by atoms with Crippen LogP contribution in [0.4, 0.5) is 14.6 Å². The van der Waals surface area contributed by atoms with Crippen LogP contribution in [-0.4, -0.2) is 68.9 Å². The van der Waals surface area contributed by atoms with E-state index in [1.54, 1.807) is 54.9 Å². The minimum absolute atomic E-state index is 0.0724. The lowest BCUT2D eigenvalue weighted by molar-refractivity contribution is -0.0139. The van der Waals surface area contributed by atoms with Crippen molar-refractivity contribution in [2.75, 3.05) is 19.1 Å². The Labute approximate surface area is 183 Å². The predicted molar refractivity (Wildman–Crippen MR) is 114 cm³/mol. The number of anilines is 1. The number of benzene rings is 1. The monoisotopic (exact) mass is 442 g/mol. The van der Waals surface area contributed by atoms with E-state index >= 15 is 0 Å². The zero-order chi connectivity index (χ0) is 22.5. The van der Waals surface area contributed by atoms with Gasteiger partial charge in [0.05, 0.1) is 48.3 Å². The van der Waals surface area contributed by atoms with Crippen LogP contribution in [0.1, 0.15) is 12.8 Å². The molecule has 32 heavy (non-hydrogen) atoms. The van der Waals surface area contributed by atoms with E-state index in [0.717, 1.165) is 5.69 Å². The number of nitrogens with one attached hydrogen (secondary N) is 1. The van der Waals surface area contributed by atoms with Gasteiger partial charge in [0.1, 0.15) is 11.6 Å². The number of imidazole rings is 1. The number of aromatic nitrogens is 4. The maximum Gasteiger partial charge on any atom is 0.264 e. The van der Waals surface area contributed by atoms with E-state index in [2.05, 4.69) is 20.3 Å². The average molecular weight is 442 g/mol. The van der Waals surface area contributed by atoms with Crippen molar-refractivity contribution in [1.82, 2.24) is 24.8 Å². The van der Waals surface area contributed by atoms with E-state index in [4.69, 9.17) is 4.74 Å². The van der Waals surface area contributed by atoms with E-state index in [9.17, 15) is 13.9 Å². The van der Waals surface area contributed by atoms with E-state index < -0.39 is 18.0 Å². The van der Waals surface area contributed by atoms with Gasteiger partial charge in [0, 0.05) is 50.6 Å². The van der Waals surface area contributed by atoms with Crippen LogP contribution in [0, 0.1) is 0 Å². The molecule has 2 aromatic heterocycles. The summed E-state index contributed by atoms with van der Waals surface area (Å²) in [6.45, 7) is 0. The van der Waals surface area contributed by atoms with E-state index in [-0.39, 0.29) is 30.7 Å². The number of phenolic OH excluding ortho intramolecular Hbond substituents is 1. The minimum atomic E-state index is -2.74. The second-order valence-corrected chi connectivity index (χ2v) is 8.34. The Kier molecular flexibility index (Phi) is 5.06. The van der Waals surface area contributed by atoms with Crippen molar-refractivity contribution in [3.05, 3.63) is 49.3 Å². The van der Waals surface area contributed by atoms with Crippen LogP contribution in [0.5, 0.6) is 5.75 Å². The molecule has 4 heterocycles. The summed E-state index contributed by atoms with van der Waals surface area (Å²) in [6.07, 6.45) is 7.90. The van der Waals surface area contributed by atoms with Gasteiger partial charge in [-0.1, -0.05) is 0 Å². The number of likely N-dealkylation sites (N-methyl/N-ethyl adjacent to an activating group) is 1. The Morgan fingerprint density at radius 3 is 2.78 bits per heavy atom. The summed E-state index contributed by atoms with van der Waals surface area (Å²) < 4.78 is 35.9. The van der Waals surface area contributed by atoms with Crippen molar-refractivity contribution in [3.63, 3.8) is 0 Å². The van der Waals surface area contributed by atoms with Crippen LogP contribution in [-0.2, 0) is 4.74 Å². The molecule has 2 saturated heterocycles. The molecule has 0 aliphatic carbocycles. The molecule has 2 unspecified atom stereocenters. The van der Waals surface area contributed by atoms with Gasteiger partial charge in [0.15, 0.2) is 0 Å². The number of piperidine rings is 1. The maximum absolute atomic E-state index is 14.3. The third-order valence-electron chi connectivity index (χ3n) is 6.50. The highest BCUT2D eigenvalue weighted by Gasteiger charge is 2.57. The Bertz CT molecular complexity index is 1090. The smallest absolute Gasteiger partial charge is 0.264 e. The van der Waals surface area contributed by atoms with Crippen LogP contribution in [0.25, 0.3) is 16.9 Å². The molecule has 4 atom stereocenters. The van der Waals surface area contributed by atoms with Crippen molar-refractivity contribution in [1.29, 1.82) is 0 Å². The molecule has 5 rings (SSSR count). The molecule has 2 bridgehead atoms. The number of methoxy groups -OCH3 is 1. The van der Waals surface area contributed by atoms with Crippen molar-refractivity contribution in [3.8, 4) is 22.7 Å². The fourth-order valence-corrected chi connectivity index (χ4v) is 4.79. The summed E-state index contributed by atoms with van der Waals surface area (Å²) in [4.78, 5) is 14.8. The maximum atomic E-state index is 14.3. The molecule has 2 fully saturated rings. The van der Waals surface area contributed by atoms with Gasteiger partial charge < -0.3 is 24.6 Å². The number of halogens is 2. The number of rotatable bonds is 5. The molecular formula is C22H24F2N6O2. The van der Waals surface area contributed by atoms with Gasteiger partial charge in [-0.2, -0.15) is 0 Å². The van der Waals surface area contributed by atoms with E-state index in [0.29, 0.717) is 17.1 Å². The lowest BCUT2D eigenvalue weighted by atomic mass is 9.95. The fourth-order valence-electron chi connectivity index (χ4n) is 4.79. The minimum Gasteiger partial charge on any atom is -0.507 e. The Morgan fingerprint density at radius 1 is 1.28 bits per heavy atom. The van der Waals surface area contributed by atoms with Crippen molar-refractivity contribution in [2.45, 2.75) is 43.0 Å². The molecule has 3 aromatic rings. The van der Waals surface area contributed by atoms with E-state index in [1.807, 2.05) is 18.0 Å². The Balaban J connectivity index is 1.37. The quantitative estimate of drug-likeness (QED) is 0.628. The van der Waals surface area contributed by atoms with Crippen LogP contribution in [0.15, 0.2) is 49.3 Å². The number of aromatic hydroxyl groups is 1. The van der Waals surface area contributed by atoms with Crippen LogP contribution < -0.4 is 10.2 Å². The highest BCUT2D eigenvalue weighted by atomic mass is 19.3. The molecule has 8 nitrogen and oxygen atoms in total. The summed E-state index contributed by atoms with van der Waals surface area (Å²) in [5.74, 6) is -2.12. The molecule has 1 aromatic carbocycles. The Morgan fingerprint density at radius 2 is 2.12 bits per heavy atom. The molecule has 10 heteroatoms. The normalized spacial score (nSPS) is 26.2. The van der Waals surface area contributed by atoms with Crippen LogP contribution in [0.2, 0.25) is 0 Å². The highest BCUT2D eigenvalue weighted by Crippen LogP contribution is 2.41. The third-order valence-corrected chi connectivity index (χ3v) is 6.50. The van der Waals surface area contributed by atoms with Gasteiger partial charge in [0.2, 0.25) is 0 Å². The predicted octanol–water partition coefficient (Wildman–Crippen LogP) is 2.62.